The number of aromatic nitrogens is 5. The minimum absolute atomic E-state index is 0.0231. The summed E-state index contributed by atoms with van der Waals surface area (Å²) in [6.07, 6.45) is -2.11. The van der Waals surface area contributed by atoms with Crippen LogP contribution in [0, 0.1) is 11.7 Å². The van der Waals surface area contributed by atoms with Gasteiger partial charge in [-0.1, -0.05) is 0 Å². The number of aromatic amines is 1. The Morgan fingerprint density at radius 1 is 1.27 bits per heavy atom. The lowest BCUT2D eigenvalue weighted by Crippen LogP contribution is -2.68. The van der Waals surface area contributed by atoms with Crippen molar-refractivity contribution in [3.05, 3.63) is 35.7 Å². The second-order valence-electron chi connectivity index (χ2n) is 9.88. The fourth-order valence-electron chi connectivity index (χ4n) is 5.41. The molecule has 7 rings (SSSR count). The fraction of sp³-hybridized carbons (Fsp3) is 0.545. The molecule has 3 atom stereocenters. The van der Waals surface area contributed by atoms with Gasteiger partial charge in [-0.15, -0.1) is 13.2 Å². The lowest BCUT2D eigenvalue weighted by Gasteiger charge is -2.61. The van der Waals surface area contributed by atoms with E-state index in [0.717, 1.165) is 36.1 Å². The number of fused-ring (bicyclic) bond motifs is 1. The summed E-state index contributed by atoms with van der Waals surface area (Å²) in [5.41, 5.74) is -0.114. The van der Waals surface area contributed by atoms with E-state index >= 15 is 4.39 Å². The quantitative estimate of drug-likeness (QED) is 0.394. The lowest BCUT2D eigenvalue weighted by atomic mass is 9.50. The predicted octanol–water partition coefficient (Wildman–Crippen LogP) is 4.23. The molecule has 2 bridgehead atoms. The van der Waals surface area contributed by atoms with Crippen molar-refractivity contribution in [1.82, 2.24) is 29.9 Å². The third-order valence-corrected chi connectivity index (χ3v) is 7.28. The van der Waals surface area contributed by atoms with Crippen LogP contribution < -0.4 is 10.6 Å². The normalized spacial score (nSPS) is 28.6. The number of H-pyrrole nitrogens is 1. The van der Waals surface area contributed by atoms with E-state index in [-0.39, 0.29) is 28.6 Å². The van der Waals surface area contributed by atoms with Crippen molar-refractivity contribution < 1.29 is 36.2 Å². The second kappa shape index (κ2) is 8.53. The van der Waals surface area contributed by atoms with Crippen LogP contribution in [0.15, 0.2) is 18.5 Å². The summed E-state index contributed by atoms with van der Waals surface area (Å²) in [5.74, 6) is -0.503. The van der Waals surface area contributed by atoms with E-state index < -0.39 is 43.1 Å². The maximum Gasteiger partial charge on any atom is 0.522 e. The van der Waals surface area contributed by atoms with E-state index in [9.17, 15) is 22.4 Å². The summed E-state index contributed by atoms with van der Waals surface area (Å²) < 4.78 is 76.6. The van der Waals surface area contributed by atoms with Gasteiger partial charge >= 0.3 is 12.5 Å². The van der Waals surface area contributed by atoms with Crippen molar-refractivity contribution in [1.29, 1.82) is 0 Å². The molecule has 0 aliphatic heterocycles. The molecule has 3 heterocycles. The zero-order valence-corrected chi connectivity index (χ0v) is 19.2. The van der Waals surface area contributed by atoms with Crippen molar-refractivity contribution in [2.75, 3.05) is 5.32 Å². The van der Waals surface area contributed by atoms with Crippen LogP contribution in [-0.2, 0) is 16.1 Å². The molecular weight excluding hydrogens is 505 g/mol. The predicted molar refractivity (Wildman–Crippen MR) is 116 cm³/mol. The third kappa shape index (κ3) is 4.55. The minimum Gasteiger partial charge on any atom is -0.443 e. The molecule has 37 heavy (non-hydrogen) atoms. The van der Waals surface area contributed by atoms with Crippen molar-refractivity contribution in [2.45, 2.75) is 68.8 Å². The number of rotatable bonds is 7. The zero-order valence-electron chi connectivity index (χ0n) is 19.2. The number of imidazole rings is 1. The highest BCUT2D eigenvalue weighted by Gasteiger charge is 2.58. The van der Waals surface area contributed by atoms with E-state index in [1.165, 1.54) is 0 Å². The Labute approximate surface area is 205 Å². The van der Waals surface area contributed by atoms with E-state index in [1.807, 2.05) is 0 Å². The largest absolute Gasteiger partial charge is 0.522 e. The Kier molecular flexibility index (Phi) is 5.51. The maximum absolute atomic E-state index is 15.2. The van der Waals surface area contributed by atoms with Gasteiger partial charge in [0.05, 0.1) is 18.5 Å². The van der Waals surface area contributed by atoms with Crippen molar-refractivity contribution in [3.63, 3.8) is 0 Å². The van der Waals surface area contributed by atoms with E-state index in [1.54, 1.807) is 6.07 Å². The molecule has 15 heteroatoms. The van der Waals surface area contributed by atoms with Crippen molar-refractivity contribution in [3.8, 4) is 0 Å². The number of hydrogen-bond donors (Lipinski definition) is 3. The number of carbonyl (C=O) groups excluding carboxylic acids is 1. The first kappa shape index (κ1) is 23.9. The van der Waals surface area contributed by atoms with Crippen LogP contribution >= 0.6 is 0 Å². The number of halogens is 5. The summed E-state index contributed by atoms with van der Waals surface area (Å²) >= 11 is 0. The molecule has 4 saturated carbocycles. The standard InChI is InChI=1S/C22H22F5N7O3/c23-13-7-28-19(34-8-11(29-18(13)34)9-36-22(25,26)27)30-16-3-14(32-33-16)12-1-2-15(17(12)24)37-20(35)31-21-4-10(5-21)6-21/h3,7-8,10,12,15,17H,1-2,4-6,9H2,(H,31,35)(H2,28,30,32,33)/t10?,12-,15-,17-,21?/m0/s1. The number of nitrogens with one attached hydrogen (secondary N) is 3. The number of nitrogens with zero attached hydrogens (tertiary/aromatic N) is 4. The van der Waals surface area contributed by atoms with Gasteiger partial charge in [-0.05, 0) is 38.0 Å². The summed E-state index contributed by atoms with van der Waals surface area (Å²) in [4.78, 5) is 20.0. The smallest absolute Gasteiger partial charge is 0.443 e. The van der Waals surface area contributed by atoms with Crippen molar-refractivity contribution in [2.24, 2.45) is 5.92 Å². The number of hydrogen-bond acceptors (Lipinski definition) is 7. The van der Waals surface area contributed by atoms with Crippen LogP contribution in [0.1, 0.15) is 49.4 Å². The Hall–Kier alpha value is -3.49. The monoisotopic (exact) mass is 527 g/mol. The molecule has 1 amide bonds. The second-order valence-corrected chi connectivity index (χ2v) is 9.88. The zero-order chi connectivity index (χ0) is 25.9. The van der Waals surface area contributed by atoms with Gasteiger partial charge in [0.25, 0.3) is 0 Å². The highest BCUT2D eigenvalue weighted by Crippen LogP contribution is 2.57. The van der Waals surface area contributed by atoms with Crippen LogP contribution in [-0.4, -0.2) is 54.8 Å². The highest BCUT2D eigenvalue weighted by molar-refractivity contribution is 5.69. The molecular formula is C22H22F5N7O3. The first-order valence-electron chi connectivity index (χ1n) is 11.8. The summed E-state index contributed by atoms with van der Waals surface area (Å²) in [6.45, 7) is -0.904. The molecule has 4 aliphatic rings. The highest BCUT2D eigenvalue weighted by atomic mass is 19.4. The Bertz CT molecular complexity index is 1320. The molecule has 0 radical (unpaired) electrons. The summed E-state index contributed by atoms with van der Waals surface area (Å²) in [5, 5.41) is 12.5. The van der Waals surface area contributed by atoms with E-state index in [0.29, 0.717) is 24.5 Å². The molecule has 3 aromatic rings. The topological polar surface area (TPSA) is 118 Å². The van der Waals surface area contributed by atoms with Crippen LogP contribution in [0.5, 0.6) is 0 Å². The molecule has 198 valence electrons. The maximum atomic E-state index is 15.2. The van der Waals surface area contributed by atoms with Gasteiger partial charge in [-0.25, -0.2) is 23.5 Å². The molecule has 3 N–H and O–H groups in total. The third-order valence-electron chi connectivity index (χ3n) is 7.28. The number of ether oxygens (including phenoxy) is 2. The van der Waals surface area contributed by atoms with Crippen molar-refractivity contribution >= 4 is 23.5 Å². The SMILES string of the molecule is O=C(NC12CC(C1)C2)O[C@H]1CC[C@@H](c2cc(Nc3ncc(F)c4nc(COC(F)(F)F)cn34)n[nH]2)[C@@H]1F. The molecule has 4 aliphatic carbocycles. The van der Waals surface area contributed by atoms with Crippen LogP contribution in [0.2, 0.25) is 0 Å². The first-order chi connectivity index (χ1) is 17.6. The molecule has 3 aromatic heterocycles. The number of anilines is 2. The molecule has 0 aromatic carbocycles. The van der Waals surface area contributed by atoms with Gasteiger partial charge in [-0.2, -0.15) is 5.10 Å². The first-order valence-corrected chi connectivity index (χ1v) is 11.8. The van der Waals surface area contributed by atoms with Gasteiger partial charge in [0.15, 0.2) is 17.3 Å². The van der Waals surface area contributed by atoms with Crippen LogP contribution in [0.4, 0.5) is 38.5 Å². The number of alkyl halides is 4. The summed E-state index contributed by atoms with van der Waals surface area (Å²) in [6, 6.07) is 1.54. The Balaban J connectivity index is 1.11. The Morgan fingerprint density at radius 3 is 2.76 bits per heavy atom. The molecule has 10 nitrogen and oxygen atoms in total. The molecule has 0 unspecified atom stereocenters. The Morgan fingerprint density at radius 2 is 2.05 bits per heavy atom. The van der Waals surface area contributed by atoms with Gasteiger partial charge < -0.3 is 15.4 Å². The molecule has 4 fully saturated rings. The lowest BCUT2D eigenvalue weighted by molar-refractivity contribution is -0.330. The summed E-state index contributed by atoms with van der Waals surface area (Å²) in [7, 11) is 0. The number of carbonyl (C=O) groups is 1. The number of amides is 1. The van der Waals surface area contributed by atoms with Gasteiger partial charge in [0.2, 0.25) is 5.95 Å². The van der Waals surface area contributed by atoms with Gasteiger partial charge in [-0.3, -0.25) is 14.2 Å². The minimum atomic E-state index is -4.86. The van der Waals surface area contributed by atoms with Crippen LogP contribution in [0.3, 0.4) is 0 Å². The van der Waals surface area contributed by atoms with Gasteiger partial charge in [0, 0.05) is 29.4 Å². The number of alkyl carbamates (subject to hydrolysis) is 1. The average molecular weight is 527 g/mol. The molecule has 0 saturated heterocycles. The van der Waals surface area contributed by atoms with Crippen LogP contribution in [0.25, 0.3) is 5.65 Å². The van der Waals surface area contributed by atoms with E-state index in [2.05, 4.69) is 35.5 Å². The fourth-order valence-corrected chi connectivity index (χ4v) is 5.41. The average Bonchev–Trinajstić information content (AvgIpc) is 3.50. The van der Waals surface area contributed by atoms with E-state index in [4.69, 9.17) is 4.74 Å². The van der Waals surface area contributed by atoms with Gasteiger partial charge in [0.1, 0.15) is 12.3 Å². The molecule has 0 spiro atoms.